The summed E-state index contributed by atoms with van der Waals surface area (Å²) in [4.78, 5) is 4.42. The second kappa shape index (κ2) is 5.00. The first kappa shape index (κ1) is 10.2. The van der Waals surface area contributed by atoms with Crippen LogP contribution >= 0.6 is 0 Å². The summed E-state index contributed by atoms with van der Waals surface area (Å²) in [7, 11) is 0. The second-order valence-corrected chi connectivity index (χ2v) is 3.33. The van der Waals surface area contributed by atoms with Gasteiger partial charge < -0.3 is 0 Å². The highest BCUT2D eigenvalue weighted by Crippen LogP contribution is 2.19. The Labute approximate surface area is 81.2 Å². The van der Waals surface area contributed by atoms with Crippen molar-refractivity contribution in [1.82, 2.24) is 4.98 Å². The van der Waals surface area contributed by atoms with Crippen molar-refractivity contribution in [1.29, 1.82) is 0 Å². The van der Waals surface area contributed by atoms with Crippen LogP contribution < -0.4 is 0 Å². The molecule has 1 nitrogen and oxygen atoms in total. The van der Waals surface area contributed by atoms with Crippen molar-refractivity contribution >= 4 is 0 Å². The van der Waals surface area contributed by atoms with Crippen molar-refractivity contribution in [3.8, 4) is 0 Å². The zero-order valence-corrected chi connectivity index (χ0v) is 8.93. The molecule has 0 amide bonds. The van der Waals surface area contributed by atoms with Crippen molar-refractivity contribution in [2.75, 3.05) is 0 Å². The lowest BCUT2D eigenvalue weighted by Crippen LogP contribution is -2.04. The van der Waals surface area contributed by atoms with Crippen LogP contribution in [0.15, 0.2) is 12.3 Å². The van der Waals surface area contributed by atoms with E-state index in [-0.39, 0.29) is 0 Å². The first-order valence-electron chi connectivity index (χ1n) is 5.30. The van der Waals surface area contributed by atoms with Gasteiger partial charge in [-0.2, -0.15) is 0 Å². The van der Waals surface area contributed by atoms with Gasteiger partial charge in [0, 0.05) is 11.9 Å². The number of aryl methyl sites for hydroxylation is 3. The van der Waals surface area contributed by atoms with Crippen LogP contribution in [0, 0.1) is 6.92 Å². The lowest BCUT2D eigenvalue weighted by molar-refractivity contribution is 0.666. The molecule has 2 rings (SSSR count). The second-order valence-electron chi connectivity index (χ2n) is 3.33. The minimum atomic E-state index is 1.19. The zero-order valence-electron chi connectivity index (χ0n) is 8.93. The largest absolute Gasteiger partial charge is 0.261 e. The molecule has 0 unspecified atom stereocenters. The van der Waals surface area contributed by atoms with Crippen LogP contribution in [-0.2, 0) is 12.8 Å². The molecule has 13 heavy (non-hydrogen) atoms. The summed E-state index contributed by atoms with van der Waals surface area (Å²) in [5.74, 6) is 0. The Balaban J connectivity index is 0.000000396. The van der Waals surface area contributed by atoms with Crippen molar-refractivity contribution in [3.05, 3.63) is 29.1 Å². The Morgan fingerprint density at radius 2 is 1.85 bits per heavy atom. The fourth-order valence-electron chi connectivity index (χ4n) is 1.71. The molecule has 0 fully saturated rings. The summed E-state index contributed by atoms with van der Waals surface area (Å²) in [5.41, 5.74) is 4.11. The highest BCUT2D eigenvalue weighted by atomic mass is 14.7. The standard InChI is InChI=1S/C10H13N.C2H6/c1-8-6-9-4-2-3-5-10(9)11-7-8;1-2/h6-7H,2-5H2,1H3;1-2H3. The minimum Gasteiger partial charge on any atom is -0.261 e. The van der Waals surface area contributed by atoms with Crippen LogP contribution in [0.3, 0.4) is 0 Å². The first-order valence-corrected chi connectivity index (χ1v) is 5.30. The van der Waals surface area contributed by atoms with Crippen molar-refractivity contribution in [2.24, 2.45) is 0 Å². The summed E-state index contributed by atoms with van der Waals surface area (Å²) in [5, 5.41) is 0. The molecule has 0 aliphatic heterocycles. The third-order valence-corrected chi connectivity index (χ3v) is 2.31. The van der Waals surface area contributed by atoms with Gasteiger partial charge in [-0.3, -0.25) is 4.98 Å². The topological polar surface area (TPSA) is 12.9 Å². The van der Waals surface area contributed by atoms with Crippen LogP contribution in [0.1, 0.15) is 43.5 Å². The molecule has 1 heteroatoms. The molecule has 1 aliphatic rings. The maximum absolute atomic E-state index is 4.42. The van der Waals surface area contributed by atoms with Crippen LogP contribution in [0.5, 0.6) is 0 Å². The number of nitrogens with zero attached hydrogens (tertiary/aromatic N) is 1. The van der Waals surface area contributed by atoms with E-state index in [1.807, 2.05) is 20.0 Å². The summed E-state index contributed by atoms with van der Waals surface area (Å²) >= 11 is 0. The molecule has 0 spiro atoms. The third kappa shape index (κ3) is 2.55. The van der Waals surface area contributed by atoms with E-state index in [1.165, 1.54) is 42.5 Å². The predicted octanol–water partition coefficient (Wildman–Crippen LogP) is 3.30. The quantitative estimate of drug-likeness (QED) is 0.592. The molecule has 0 aromatic carbocycles. The Morgan fingerprint density at radius 1 is 1.15 bits per heavy atom. The van der Waals surface area contributed by atoms with Gasteiger partial charge in [-0.25, -0.2) is 0 Å². The van der Waals surface area contributed by atoms with Gasteiger partial charge in [0.1, 0.15) is 0 Å². The van der Waals surface area contributed by atoms with E-state index in [0.717, 1.165) is 0 Å². The normalized spacial score (nSPS) is 14.1. The SMILES string of the molecule is CC.Cc1cnc2c(c1)CCCC2. The molecule has 1 aromatic heterocycles. The number of hydrogen-bond donors (Lipinski definition) is 0. The van der Waals surface area contributed by atoms with E-state index in [4.69, 9.17) is 0 Å². The van der Waals surface area contributed by atoms with Gasteiger partial charge in [0.05, 0.1) is 0 Å². The number of fused-ring (bicyclic) bond motifs is 1. The fourth-order valence-corrected chi connectivity index (χ4v) is 1.71. The monoisotopic (exact) mass is 177 g/mol. The highest BCUT2D eigenvalue weighted by Gasteiger charge is 2.08. The predicted molar refractivity (Wildman–Crippen MR) is 57.0 cm³/mol. The lowest BCUT2D eigenvalue weighted by atomic mass is 9.95. The Morgan fingerprint density at radius 3 is 2.62 bits per heavy atom. The molecule has 0 bridgehead atoms. The molecule has 1 heterocycles. The molecule has 0 radical (unpaired) electrons. The zero-order chi connectivity index (χ0) is 9.68. The van der Waals surface area contributed by atoms with Crippen LogP contribution in [0.2, 0.25) is 0 Å². The van der Waals surface area contributed by atoms with Gasteiger partial charge in [-0.05, 0) is 43.7 Å². The summed E-state index contributed by atoms with van der Waals surface area (Å²) in [6, 6.07) is 2.28. The van der Waals surface area contributed by atoms with Gasteiger partial charge >= 0.3 is 0 Å². The van der Waals surface area contributed by atoms with Gasteiger partial charge in [0.15, 0.2) is 0 Å². The van der Waals surface area contributed by atoms with Crippen LogP contribution in [-0.4, -0.2) is 4.98 Å². The van der Waals surface area contributed by atoms with E-state index in [9.17, 15) is 0 Å². The van der Waals surface area contributed by atoms with E-state index >= 15 is 0 Å². The summed E-state index contributed by atoms with van der Waals surface area (Å²) in [6.07, 6.45) is 7.07. The molecule has 0 saturated heterocycles. The maximum Gasteiger partial charge on any atom is 0.0435 e. The van der Waals surface area contributed by atoms with E-state index in [2.05, 4.69) is 18.0 Å². The van der Waals surface area contributed by atoms with Crippen molar-refractivity contribution < 1.29 is 0 Å². The Hall–Kier alpha value is -0.850. The number of pyridine rings is 1. The molecule has 72 valence electrons. The Bertz CT molecular complexity index is 266. The fraction of sp³-hybridized carbons (Fsp3) is 0.583. The number of rotatable bonds is 0. The average Bonchev–Trinajstić information content (AvgIpc) is 2.21. The van der Waals surface area contributed by atoms with Crippen LogP contribution in [0.4, 0.5) is 0 Å². The molecule has 0 atom stereocenters. The molecule has 1 aromatic rings. The first-order chi connectivity index (χ1) is 6.36. The van der Waals surface area contributed by atoms with Gasteiger partial charge in [-0.15, -0.1) is 0 Å². The molecule has 0 N–H and O–H groups in total. The minimum absolute atomic E-state index is 1.19. The van der Waals surface area contributed by atoms with Crippen molar-refractivity contribution in [2.45, 2.75) is 46.5 Å². The van der Waals surface area contributed by atoms with E-state index in [1.54, 1.807) is 0 Å². The third-order valence-electron chi connectivity index (χ3n) is 2.31. The van der Waals surface area contributed by atoms with Gasteiger partial charge in [0.2, 0.25) is 0 Å². The number of aromatic nitrogens is 1. The molecular formula is C12H19N. The number of hydrogen-bond acceptors (Lipinski definition) is 1. The van der Waals surface area contributed by atoms with Crippen LogP contribution in [0.25, 0.3) is 0 Å². The molecule has 0 saturated carbocycles. The van der Waals surface area contributed by atoms with Crippen molar-refractivity contribution in [3.63, 3.8) is 0 Å². The smallest absolute Gasteiger partial charge is 0.0435 e. The maximum atomic E-state index is 4.42. The summed E-state index contributed by atoms with van der Waals surface area (Å²) in [6.45, 7) is 6.11. The molecular weight excluding hydrogens is 158 g/mol. The van der Waals surface area contributed by atoms with E-state index < -0.39 is 0 Å². The van der Waals surface area contributed by atoms with E-state index in [0.29, 0.717) is 0 Å². The highest BCUT2D eigenvalue weighted by molar-refractivity contribution is 5.26. The Kier molecular flexibility index (Phi) is 3.94. The van der Waals surface area contributed by atoms with Gasteiger partial charge in [-0.1, -0.05) is 19.9 Å². The summed E-state index contributed by atoms with van der Waals surface area (Å²) < 4.78 is 0. The average molecular weight is 177 g/mol. The van der Waals surface area contributed by atoms with Gasteiger partial charge in [0.25, 0.3) is 0 Å². The molecule has 1 aliphatic carbocycles. The lowest BCUT2D eigenvalue weighted by Gasteiger charge is -2.14.